The molecule has 1 heterocycles. The maximum atomic E-state index is 2.37. The van der Waals surface area contributed by atoms with Gasteiger partial charge in [-0.15, -0.1) is 0 Å². The average molecular weight is 173 g/mol. The van der Waals surface area contributed by atoms with Crippen molar-refractivity contribution in [2.24, 2.45) is 0 Å². The Hall–Kier alpha value is -1.24. The van der Waals surface area contributed by atoms with E-state index in [1.165, 1.54) is 24.9 Å². The van der Waals surface area contributed by atoms with Crippen LogP contribution in [0.25, 0.3) is 0 Å². The van der Waals surface area contributed by atoms with Crippen molar-refractivity contribution in [2.45, 2.75) is 19.4 Å². The van der Waals surface area contributed by atoms with Gasteiger partial charge in [0.1, 0.15) is 0 Å². The van der Waals surface area contributed by atoms with Crippen LogP contribution in [-0.2, 0) is 6.54 Å². The van der Waals surface area contributed by atoms with E-state index in [0.29, 0.717) is 0 Å². The van der Waals surface area contributed by atoms with Crippen molar-refractivity contribution >= 4 is 0 Å². The van der Waals surface area contributed by atoms with Crippen molar-refractivity contribution in [3.8, 4) is 0 Å². The molecule has 0 unspecified atom stereocenters. The highest BCUT2D eigenvalue weighted by atomic mass is 15.1. The first-order chi connectivity index (χ1) is 6.45. The van der Waals surface area contributed by atoms with E-state index < -0.39 is 0 Å². The lowest BCUT2D eigenvalue weighted by Gasteiger charge is -2.23. The van der Waals surface area contributed by atoms with Crippen LogP contribution in [0, 0.1) is 0 Å². The topological polar surface area (TPSA) is 3.24 Å². The van der Waals surface area contributed by atoms with E-state index in [9.17, 15) is 0 Å². The molecule has 0 radical (unpaired) electrons. The fourth-order valence-electron chi connectivity index (χ4n) is 1.66. The molecule has 0 bridgehead atoms. The predicted octanol–water partition coefficient (Wildman–Crippen LogP) is 2.80. The lowest BCUT2D eigenvalue weighted by molar-refractivity contribution is 0.348. The zero-order valence-electron chi connectivity index (χ0n) is 7.82. The van der Waals surface area contributed by atoms with Gasteiger partial charge in [0.25, 0.3) is 0 Å². The first kappa shape index (κ1) is 8.36. The lowest BCUT2D eigenvalue weighted by Crippen LogP contribution is -2.20. The Bertz CT molecular complexity index is 276. The van der Waals surface area contributed by atoms with Crippen LogP contribution in [0.3, 0.4) is 0 Å². The minimum absolute atomic E-state index is 1.05. The van der Waals surface area contributed by atoms with E-state index in [-0.39, 0.29) is 0 Å². The van der Waals surface area contributed by atoms with Gasteiger partial charge in [0.2, 0.25) is 0 Å². The third-order valence-corrected chi connectivity index (χ3v) is 2.36. The van der Waals surface area contributed by atoms with Gasteiger partial charge < -0.3 is 4.90 Å². The van der Waals surface area contributed by atoms with Crippen molar-refractivity contribution in [1.82, 2.24) is 4.90 Å². The minimum atomic E-state index is 1.05. The standard InChI is InChI=1S/C12H15N/c1-3-7-12(8-4-1)11-13-9-5-2-6-10-13/h1,3-5,7-9H,2,6,10-11H2. The maximum absolute atomic E-state index is 2.37. The Morgan fingerprint density at radius 1 is 1.15 bits per heavy atom. The zero-order chi connectivity index (χ0) is 8.93. The van der Waals surface area contributed by atoms with Crippen molar-refractivity contribution in [2.75, 3.05) is 6.54 Å². The molecule has 0 saturated heterocycles. The molecule has 0 atom stereocenters. The second kappa shape index (κ2) is 4.13. The van der Waals surface area contributed by atoms with Gasteiger partial charge in [-0.2, -0.15) is 0 Å². The van der Waals surface area contributed by atoms with Crippen LogP contribution >= 0.6 is 0 Å². The molecule has 0 aromatic heterocycles. The summed E-state index contributed by atoms with van der Waals surface area (Å²) in [5.41, 5.74) is 1.40. The van der Waals surface area contributed by atoms with Crippen molar-refractivity contribution < 1.29 is 0 Å². The van der Waals surface area contributed by atoms with Gasteiger partial charge in [-0.1, -0.05) is 36.4 Å². The molecule has 1 aliphatic rings. The molecule has 1 aromatic carbocycles. The van der Waals surface area contributed by atoms with Gasteiger partial charge in [0.05, 0.1) is 0 Å². The summed E-state index contributed by atoms with van der Waals surface area (Å²) in [5.74, 6) is 0. The summed E-state index contributed by atoms with van der Waals surface area (Å²) in [5, 5.41) is 0. The fourth-order valence-corrected chi connectivity index (χ4v) is 1.66. The van der Waals surface area contributed by atoms with E-state index in [1.807, 2.05) is 0 Å². The molecule has 68 valence electrons. The van der Waals surface area contributed by atoms with Crippen molar-refractivity contribution in [3.05, 3.63) is 48.2 Å². The summed E-state index contributed by atoms with van der Waals surface area (Å²) in [4.78, 5) is 2.37. The van der Waals surface area contributed by atoms with E-state index in [0.717, 1.165) is 6.54 Å². The fraction of sp³-hybridized carbons (Fsp3) is 0.333. The number of allylic oxidation sites excluding steroid dienone is 1. The van der Waals surface area contributed by atoms with E-state index in [4.69, 9.17) is 0 Å². The second-order valence-corrected chi connectivity index (χ2v) is 3.48. The molecule has 0 fully saturated rings. The van der Waals surface area contributed by atoms with E-state index in [2.05, 4.69) is 47.5 Å². The van der Waals surface area contributed by atoms with Gasteiger partial charge >= 0.3 is 0 Å². The summed E-state index contributed by atoms with van der Waals surface area (Å²) >= 11 is 0. The van der Waals surface area contributed by atoms with E-state index >= 15 is 0 Å². The molecule has 0 N–H and O–H groups in total. The highest BCUT2D eigenvalue weighted by Crippen LogP contribution is 2.10. The minimum Gasteiger partial charge on any atom is -0.373 e. The number of rotatable bonds is 2. The monoisotopic (exact) mass is 173 g/mol. The smallest absolute Gasteiger partial charge is 0.0423 e. The Morgan fingerprint density at radius 2 is 2.00 bits per heavy atom. The van der Waals surface area contributed by atoms with Gasteiger partial charge in [-0.25, -0.2) is 0 Å². The third kappa shape index (κ3) is 2.35. The van der Waals surface area contributed by atoms with Gasteiger partial charge in [0.15, 0.2) is 0 Å². The molecule has 1 nitrogen and oxygen atoms in total. The largest absolute Gasteiger partial charge is 0.373 e. The molecular formula is C12H15N. The van der Waals surface area contributed by atoms with Crippen molar-refractivity contribution in [3.63, 3.8) is 0 Å². The highest BCUT2D eigenvalue weighted by molar-refractivity contribution is 5.15. The summed E-state index contributed by atoms with van der Waals surface area (Å²) in [6, 6.07) is 10.6. The van der Waals surface area contributed by atoms with Crippen LogP contribution in [0.5, 0.6) is 0 Å². The van der Waals surface area contributed by atoms with Crippen LogP contribution in [-0.4, -0.2) is 11.4 Å². The normalized spacial score (nSPS) is 16.2. The Morgan fingerprint density at radius 3 is 2.69 bits per heavy atom. The van der Waals surface area contributed by atoms with Crippen LogP contribution in [0.4, 0.5) is 0 Å². The highest BCUT2D eigenvalue weighted by Gasteiger charge is 2.03. The Kier molecular flexibility index (Phi) is 2.65. The quantitative estimate of drug-likeness (QED) is 0.664. The number of benzene rings is 1. The molecule has 0 amide bonds. The maximum Gasteiger partial charge on any atom is 0.0423 e. The molecule has 1 heteroatoms. The van der Waals surface area contributed by atoms with Gasteiger partial charge in [-0.3, -0.25) is 0 Å². The molecule has 1 aliphatic heterocycles. The zero-order valence-corrected chi connectivity index (χ0v) is 7.82. The summed E-state index contributed by atoms with van der Waals surface area (Å²) < 4.78 is 0. The van der Waals surface area contributed by atoms with Crippen LogP contribution in [0.1, 0.15) is 18.4 Å². The molecule has 0 aliphatic carbocycles. The molecule has 0 spiro atoms. The Labute approximate surface area is 79.7 Å². The van der Waals surface area contributed by atoms with Crippen molar-refractivity contribution in [1.29, 1.82) is 0 Å². The number of nitrogens with zero attached hydrogens (tertiary/aromatic N) is 1. The van der Waals surface area contributed by atoms with Crippen LogP contribution < -0.4 is 0 Å². The number of hydrogen-bond donors (Lipinski definition) is 0. The molecular weight excluding hydrogens is 158 g/mol. The molecule has 1 aromatic rings. The Balaban J connectivity index is 1.98. The second-order valence-electron chi connectivity index (χ2n) is 3.48. The average Bonchev–Trinajstić information content (AvgIpc) is 2.21. The molecule has 2 rings (SSSR count). The lowest BCUT2D eigenvalue weighted by atomic mass is 10.2. The summed E-state index contributed by atoms with van der Waals surface area (Å²) in [7, 11) is 0. The van der Waals surface area contributed by atoms with E-state index in [1.54, 1.807) is 0 Å². The van der Waals surface area contributed by atoms with Crippen LogP contribution in [0.2, 0.25) is 0 Å². The summed E-state index contributed by atoms with van der Waals surface area (Å²) in [6.07, 6.45) is 7.01. The first-order valence-electron chi connectivity index (χ1n) is 4.90. The summed E-state index contributed by atoms with van der Waals surface area (Å²) in [6.45, 7) is 2.25. The SMILES string of the molecule is C1=CN(Cc2ccccc2)CCC1. The molecule has 0 saturated carbocycles. The van der Waals surface area contributed by atoms with Gasteiger partial charge in [-0.05, 0) is 24.6 Å². The van der Waals surface area contributed by atoms with Gasteiger partial charge in [0, 0.05) is 13.1 Å². The number of hydrogen-bond acceptors (Lipinski definition) is 1. The molecule has 13 heavy (non-hydrogen) atoms. The first-order valence-corrected chi connectivity index (χ1v) is 4.90. The van der Waals surface area contributed by atoms with Crippen LogP contribution in [0.15, 0.2) is 42.6 Å². The predicted molar refractivity (Wildman–Crippen MR) is 55.2 cm³/mol. The third-order valence-electron chi connectivity index (χ3n) is 2.36.